The van der Waals surface area contributed by atoms with Gasteiger partial charge in [0.05, 0.1) is 0 Å². The fraction of sp³-hybridized carbons (Fsp3) is 0.588. The Labute approximate surface area is 137 Å². The highest BCUT2D eigenvalue weighted by Gasteiger charge is 2.19. The number of rotatable bonds is 5. The Balaban J connectivity index is 2.00. The number of amides is 2. The number of nitrogens with one attached hydrogen (secondary N) is 1. The first-order valence-corrected chi connectivity index (χ1v) is 8.27. The first kappa shape index (κ1) is 17.4. The third kappa shape index (κ3) is 5.32. The summed E-state index contributed by atoms with van der Waals surface area (Å²) in [5.41, 5.74) is 0.650. The predicted octanol–water partition coefficient (Wildman–Crippen LogP) is 1.39. The fourth-order valence-electron chi connectivity index (χ4n) is 2.60. The van der Waals surface area contributed by atoms with Crippen molar-refractivity contribution in [1.29, 1.82) is 0 Å². The van der Waals surface area contributed by atoms with Gasteiger partial charge in [0.1, 0.15) is 11.4 Å². The Bertz CT molecular complexity index is 537. The highest BCUT2D eigenvalue weighted by Crippen LogP contribution is 2.12. The number of aromatic nitrogens is 1. The fourth-order valence-corrected chi connectivity index (χ4v) is 2.60. The minimum absolute atomic E-state index is 0.0742. The number of likely N-dealkylation sites (N-methyl/N-ethyl adjacent to an activating group) is 1. The van der Waals surface area contributed by atoms with E-state index in [4.69, 9.17) is 0 Å². The lowest BCUT2D eigenvalue weighted by Gasteiger charge is -2.19. The van der Waals surface area contributed by atoms with Crippen LogP contribution in [0.2, 0.25) is 0 Å². The molecule has 2 amide bonds. The highest BCUT2D eigenvalue weighted by molar-refractivity contribution is 5.96. The summed E-state index contributed by atoms with van der Waals surface area (Å²) in [6, 6.07) is 5.05. The Hall–Kier alpha value is -1.95. The number of nitrogens with zero attached hydrogens (tertiary/aromatic N) is 3. The average Bonchev–Trinajstić information content (AvgIpc) is 2.83. The number of carbonyl (C=O) groups is 2. The number of carbonyl (C=O) groups excluding carboxylic acids is 2. The first-order valence-electron chi connectivity index (χ1n) is 8.27. The van der Waals surface area contributed by atoms with Gasteiger partial charge in [-0.2, -0.15) is 0 Å². The van der Waals surface area contributed by atoms with E-state index in [0.29, 0.717) is 17.9 Å². The summed E-state index contributed by atoms with van der Waals surface area (Å²) in [5, 5.41) is 2.82. The maximum absolute atomic E-state index is 12.6. The average molecular weight is 318 g/mol. The van der Waals surface area contributed by atoms with Gasteiger partial charge >= 0.3 is 0 Å². The molecule has 1 aromatic heterocycles. The second-order valence-corrected chi connectivity index (χ2v) is 6.17. The quantitative estimate of drug-likeness (QED) is 0.891. The zero-order valence-electron chi connectivity index (χ0n) is 14.0. The molecule has 1 aliphatic heterocycles. The molecule has 23 heavy (non-hydrogen) atoms. The third-order valence-electron chi connectivity index (χ3n) is 3.94. The van der Waals surface area contributed by atoms with E-state index in [0.717, 1.165) is 32.5 Å². The van der Waals surface area contributed by atoms with E-state index in [-0.39, 0.29) is 11.8 Å². The van der Waals surface area contributed by atoms with Gasteiger partial charge in [0.15, 0.2) is 0 Å². The van der Waals surface area contributed by atoms with Gasteiger partial charge in [-0.1, -0.05) is 18.9 Å². The third-order valence-corrected chi connectivity index (χ3v) is 3.94. The van der Waals surface area contributed by atoms with E-state index in [1.807, 2.05) is 23.9 Å². The minimum atomic E-state index is -0.239. The highest BCUT2D eigenvalue weighted by atomic mass is 16.2. The molecule has 6 nitrogen and oxygen atoms in total. The van der Waals surface area contributed by atoms with Crippen molar-refractivity contribution < 1.29 is 9.59 Å². The van der Waals surface area contributed by atoms with Crippen LogP contribution in [0.15, 0.2) is 18.2 Å². The van der Waals surface area contributed by atoms with Crippen LogP contribution in [0.25, 0.3) is 0 Å². The molecule has 1 aliphatic rings. The van der Waals surface area contributed by atoms with Crippen LogP contribution in [-0.2, 0) is 0 Å². The summed E-state index contributed by atoms with van der Waals surface area (Å²) < 4.78 is 0. The molecule has 1 fully saturated rings. The number of likely N-dealkylation sites (tertiary alicyclic amines) is 1. The van der Waals surface area contributed by atoms with Crippen LogP contribution in [0, 0.1) is 0 Å². The number of pyridine rings is 1. The van der Waals surface area contributed by atoms with Gasteiger partial charge in [-0.3, -0.25) is 9.59 Å². The molecule has 126 valence electrons. The molecule has 1 N–H and O–H groups in total. The molecule has 2 rings (SSSR count). The van der Waals surface area contributed by atoms with E-state index in [9.17, 15) is 9.59 Å². The zero-order chi connectivity index (χ0) is 16.7. The topological polar surface area (TPSA) is 65.5 Å². The minimum Gasteiger partial charge on any atom is -0.349 e. The molecule has 0 atom stereocenters. The van der Waals surface area contributed by atoms with Crippen LogP contribution in [0.3, 0.4) is 0 Å². The van der Waals surface area contributed by atoms with Crippen LogP contribution in [0.5, 0.6) is 0 Å². The maximum atomic E-state index is 12.6. The van der Waals surface area contributed by atoms with E-state index >= 15 is 0 Å². The molecule has 6 heteroatoms. The van der Waals surface area contributed by atoms with Gasteiger partial charge in [0.2, 0.25) is 0 Å². The summed E-state index contributed by atoms with van der Waals surface area (Å²) in [4.78, 5) is 32.8. The second kappa shape index (κ2) is 8.62. The predicted molar refractivity (Wildman–Crippen MR) is 89.5 cm³/mol. The molecule has 2 heterocycles. The van der Waals surface area contributed by atoms with Gasteiger partial charge < -0.3 is 15.1 Å². The van der Waals surface area contributed by atoms with Crippen molar-refractivity contribution >= 4 is 11.8 Å². The standard InChI is InChI=1S/C17H26N4O2/c1-20(2)13-10-18-16(22)14-8-7-9-15(19-14)17(23)21-11-5-3-4-6-12-21/h7-9H,3-6,10-13H2,1-2H3,(H,18,22). The lowest BCUT2D eigenvalue weighted by molar-refractivity contribution is 0.0755. The summed E-state index contributed by atoms with van der Waals surface area (Å²) in [6.07, 6.45) is 4.42. The Morgan fingerprint density at radius 2 is 1.78 bits per heavy atom. The molecular weight excluding hydrogens is 292 g/mol. The van der Waals surface area contributed by atoms with Gasteiger partial charge in [-0.25, -0.2) is 4.98 Å². The lowest BCUT2D eigenvalue weighted by atomic mass is 10.2. The summed E-state index contributed by atoms with van der Waals surface area (Å²) >= 11 is 0. The van der Waals surface area contributed by atoms with Gasteiger partial charge in [0.25, 0.3) is 11.8 Å². The smallest absolute Gasteiger partial charge is 0.272 e. The molecule has 0 bridgehead atoms. The molecule has 0 spiro atoms. The van der Waals surface area contributed by atoms with Crippen molar-refractivity contribution in [2.75, 3.05) is 40.3 Å². The maximum Gasteiger partial charge on any atom is 0.272 e. The Kier molecular flexibility index (Phi) is 6.52. The number of hydrogen-bond donors (Lipinski definition) is 1. The largest absolute Gasteiger partial charge is 0.349 e. The molecular formula is C17H26N4O2. The van der Waals surface area contributed by atoms with E-state index in [1.54, 1.807) is 18.2 Å². The van der Waals surface area contributed by atoms with Crippen molar-refractivity contribution in [2.45, 2.75) is 25.7 Å². The summed E-state index contributed by atoms with van der Waals surface area (Å²) in [7, 11) is 3.90. The molecule has 0 aromatic carbocycles. The van der Waals surface area contributed by atoms with Crippen molar-refractivity contribution in [3.63, 3.8) is 0 Å². The zero-order valence-corrected chi connectivity index (χ0v) is 14.0. The van der Waals surface area contributed by atoms with Crippen LogP contribution in [0.1, 0.15) is 46.7 Å². The van der Waals surface area contributed by atoms with Crippen LogP contribution in [-0.4, -0.2) is 66.9 Å². The van der Waals surface area contributed by atoms with Crippen LogP contribution < -0.4 is 5.32 Å². The number of hydrogen-bond acceptors (Lipinski definition) is 4. The van der Waals surface area contributed by atoms with Crippen molar-refractivity contribution in [3.05, 3.63) is 29.6 Å². The summed E-state index contributed by atoms with van der Waals surface area (Å²) in [6.45, 7) is 2.87. The second-order valence-electron chi connectivity index (χ2n) is 6.17. The van der Waals surface area contributed by atoms with Crippen LogP contribution >= 0.6 is 0 Å². The summed E-state index contributed by atoms with van der Waals surface area (Å²) in [5.74, 6) is -0.313. The molecule has 0 aliphatic carbocycles. The molecule has 0 saturated carbocycles. The SMILES string of the molecule is CN(C)CCNC(=O)c1cccc(C(=O)N2CCCCCC2)n1. The normalized spacial score (nSPS) is 15.3. The molecule has 1 saturated heterocycles. The van der Waals surface area contributed by atoms with Crippen LogP contribution in [0.4, 0.5) is 0 Å². The van der Waals surface area contributed by atoms with Crippen molar-refractivity contribution in [3.8, 4) is 0 Å². The lowest BCUT2D eigenvalue weighted by Crippen LogP contribution is -2.34. The van der Waals surface area contributed by atoms with E-state index in [2.05, 4.69) is 10.3 Å². The van der Waals surface area contributed by atoms with Gasteiger partial charge in [-0.15, -0.1) is 0 Å². The Morgan fingerprint density at radius 3 is 2.43 bits per heavy atom. The van der Waals surface area contributed by atoms with E-state index < -0.39 is 0 Å². The van der Waals surface area contributed by atoms with Crippen molar-refractivity contribution in [2.24, 2.45) is 0 Å². The van der Waals surface area contributed by atoms with E-state index in [1.165, 1.54) is 12.8 Å². The molecule has 0 unspecified atom stereocenters. The van der Waals surface area contributed by atoms with Gasteiger partial charge in [-0.05, 0) is 39.1 Å². The van der Waals surface area contributed by atoms with Gasteiger partial charge in [0, 0.05) is 26.2 Å². The molecule has 1 aromatic rings. The Morgan fingerprint density at radius 1 is 1.13 bits per heavy atom. The van der Waals surface area contributed by atoms with Crippen molar-refractivity contribution in [1.82, 2.24) is 20.1 Å². The first-order chi connectivity index (χ1) is 11.1. The molecule has 0 radical (unpaired) electrons. The monoisotopic (exact) mass is 318 g/mol.